The van der Waals surface area contributed by atoms with Crippen LogP contribution in [0.2, 0.25) is 0 Å². The van der Waals surface area contributed by atoms with Crippen LogP contribution in [0.25, 0.3) is 0 Å². The number of carbonyl (C=O) groups excluding carboxylic acids is 2. The Morgan fingerprint density at radius 2 is 1.97 bits per heavy atom. The summed E-state index contributed by atoms with van der Waals surface area (Å²) in [7, 11) is 0. The van der Waals surface area contributed by atoms with Crippen LogP contribution in [0.3, 0.4) is 0 Å². The summed E-state index contributed by atoms with van der Waals surface area (Å²) in [6.07, 6.45) is -2.62. The Morgan fingerprint density at radius 3 is 2.67 bits per heavy atom. The van der Waals surface area contributed by atoms with Crippen LogP contribution in [0, 0.1) is 23.5 Å². The van der Waals surface area contributed by atoms with Gasteiger partial charge in [0.05, 0.1) is 12.6 Å². The van der Waals surface area contributed by atoms with E-state index in [2.05, 4.69) is 0 Å². The SMILES string of the molecule is O=C(N[C@@H](c1ccc(F)cc1F)C(F)(F)F)c1cn2c(c(O)c1=O)C(=O)N1C3=CC(OC1C2)[C@@H]1C[C@H]31. The van der Waals surface area contributed by atoms with E-state index in [-0.39, 0.29) is 30.6 Å². The minimum Gasteiger partial charge on any atom is -0.503 e. The number of halogens is 5. The topological polar surface area (TPSA) is 101 Å². The van der Waals surface area contributed by atoms with Crippen LogP contribution in [-0.4, -0.2) is 44.9 Å². The zero-order valence-corrected chi connectivity index (χ0v) is 18.1. The Hall–Kier alpha value is -3.74. The first-order valence-corrected chi connectivity index (χ1v) is 11.0. The molecule has 2 aromatic rings. The van der Waals surface area contributed by atoms with Crippen molar-refractivity contribution < 1.29 is 41.4 Å². The number of nitrogens with one attached hydrogen (secondary N) is 1. The molecule has 0 spiro atoms. The van der Waals surface area contributed by atoms with Crippen molar-refractivity contribution in [2.75, 3.05) is 0 Å². The van der Waals surface area contributed by atoms with Gasteiger partial charge in [-0.25, -0.2) is 8.78 Å². The molecule has 2 N–H and O–H groups in total. The number of nitrogens with zero attached hydrogens (tertiary/aromatic N) is 2. The number of hydrogen-bond donors (Lipinski definition) is 2. The molecule has 2 amide bonds. The van der Waals surface area contributed by atoms with Gasteiger partial charge in [-0.3, -0.25) is 19.3 Å². The summed E-state index contributed by atoms with van der Waals surface area (Å²) in [5.41, 5.74) is -3.00. The third kappa shape index (κ3) is 3.25. The average molecular weight is 509 g/mol. The Bertz CT molecular complexity index is 1430. The molecule has 1 aromatic carbocycles. The fourth-order valence-corrected chi connectivity index (χ4v) is 5.26. The molecule has 36 heavy (non-hydrogen) atoms. The van der Waals surface area contributed by atoms with Gasteiger partial charge < -0.3 is 19.7 Å². The van der Waals surface area contributed by atoms with Crippen LogP contribution in [0.5, 0.6) is 5.75 Å². The van der Waals surface area contributed by atoms with E-state index >= 15 is 0 Å². The highest BCUT2D eigenvalue weighted by molar-refractivity contribution is 6.00. The van der Waals surface area contributed by atoms with Crippen molar-refractivity contribution in [2.45, 2.75) is 37.5 Å². The number of carbonyl (C=O) groups is 2. The van der Waals surface area contributed by atoms with Crippen molar-refractivity contribution in [3.05, 3.63) is 74.8 Å². The first-order valence-electron chi connectivity index (χ1n) is 11.0. The van der Waals surface area contributed by atoms with E-state index in [4.69, 9.17) is 4.74 Å². The van der Waals surface area contributed by atoms with Crippen molar-refractivity contribution in [1.29, 1.82) is 0 Å². The van der Waals surface area contributed by atoms with Crippen molar-refractivity contribution in [1.82, 2.24) is 14.8 Å². The first kappa shape index (κ1) is 22.7. The lowest BCUT2D eigenvalue weighted by atomic mass is 10.0. The molecule has 188 valence electrons. The monoisotopic (exact) mass is 509 g/mol. The van der Waals surface area contributed by atoms with E-state index in [1.165, 1.54) is 4.90 Å². The predicted molar refractivity (Wildman–Crippen MR) is 109 cm³/mol. The van der Waals surface area contributed by atoms with Gasteiger partial charge in [-0.15, -0.1) is 0 Å². The van der Waals surface area contributed by atoms with E-state index in [0.29, 0.717) is 12.1 Å². The third-order valence-corrected chi connectivity index (χ3v) is 7.01. The second-order valence-electron chi connectivity index (χ2n) is 9.16. The molecule has 2 unspecified atom stereocenters. The maximum absolute atomic E-state index is 14.1. The predicted octanol–water partition coefficient (Wildman–Crippen LogP) is 2.58. The van der Waals surface area contributed by atoms with E-state index < -0.39 is 69.9 Å². The van der Waals surface area contributed by atoms with Gasteiger partial charge in [0.25, 0.3) is 11.8 Å². The van der Waals surface area contributed by atoms with Crippen molar-refractivity contribution >= 4 is 11.8 Å². The van der Waals surface area contributed by atoms with Crippen LogP contribution in [0.1, 0.15) is 38.9 Å². The number of benzene rings is 1. The molecule has 2 aliphatic heterocycles. The number of hydrogen-bond acceptors (Lipinski definition) is 5. The molecule has 13 heteroatoms. The van der Waals surface area contributed by atoms with E-state index in [1.54, 1.807) is 5.32 Å². The number of allylic oxidation sites excluding steroid dienone is 1. The van der Waals surface area contributed by atoms with Gasteiger partial charge in [0.1, 0.15) is 17.2 Å². The second-order valence-corrected chi connectivity index (χ2v) is 9.16. The number of ether oxygens (including phenoxy) is 1. The van der Waals surface area contributed by atoms with Gasteiger partial charge in [-0.2, -0.15) is 13.2 Å². The van der Waals surface area contributed by atoms with E-state index in [9.17, 15) is 41.4 Å². The van der Waals surface area contributed by atoms with Crippen molar-refractivity contribution in [2.24, 2.45) is 11.8 Å². The fourth-order valence-electron chi connectivity index (χ4n) is 5.26. The number of aromatic hydroxyl groups is 1. The Labute approximate surface area is 198 Å². The number of pyridine rings is 1. The first-order chi connectivity index (χ1) is 17.0. The van der Waals surface area contributed by atoms with E-state index in [0.717, 1.165) is 22.9 Å². The summed E-state index contributed by atoms with van der Waals surface area (Å²) in [5, 5.41) is 12.1. The Balaban J connectivity index is 1.35. The van der Waals surface area contributed by atoms with Crippen LogP contribution < -0.4 is 10.7 Å². The molecule has 5 atom stereocenters. The molecule has 1 fully saturated rings. The van der Waals surface area contributed by atoms with Crippen molar-refractivity contribution in [3.8, 4) is 5.75 Å². The van der Waals surface area contributed by atoms with Gasteiger partial charge in [0.15, 0.2) is 23.7 Å². The molecular weight excluding hydrogens is 493 g/mol. The van der Waals surface area contributed by atoms with Gasteiger partial charge in [-0.1, -0.05) is 6.07 Å². The van der Waals surface area contributed by atoms with Crippen LogP contribution in [0.4, 0.5) is 22.0 Å². The lowest BCUT2D eigenvalue weighted by Crippen LogP contribution is -2.52. The van der Waals surface area contributed by atoms with Gasteiger partial charge in [0, 0.05) is 29.4 Å². The molecule has 8 nitrogen and oxygen atoms in total. The van der Waals surface area contributed by atoms with E-state index in [1.807, 2.05) is 6.08 Å². The van der Waals surface area contributed by atoms with Gasteiger partial charge in [0.2, 0.25) is 5.43 Å². The van der Waals surface area contributed by atoms with Crippen LogP contribution >= 0.6 is 0 Å². The number of fused-ring (bicyclic) bond motifs is 7. The summed E-state index contributed by atoms with van der Waals surface area (Å²) in [6.45, 7) is -0.0856. The average Bonchev–Trinajstić information content (AvgIpc) is 3.54. The maximum atomic E-state index is 14.1. The molecule has 0 radical (unpaired) electrons. The number of alkyl halides is 3. The molecular formula is C23H16F5N3O5. The summed E-state index contributed by atoms with van der Waals surface area (Å²) in [5.74, 6) is -5.66. The summed E-state index contributed by atoms with van der Waals surface area (Å²) >= 11 is 0. The minimum absolute atomic E-state index is 0.0856. The smallest absolute Gasteiger partial charge is 0.412 e. The number of aromatic nitrogens is 1. The number of amides is 2. The lowest BCUT2D eigenvalue weighted by molar-refractivity contribution is -0.155. The largest absolute Gasteiger partial charge is 0.503 e. The lowest BCUT2D eigenvalue weighted by Gasteiger charge is -2.41. The van der Waals surface area contributed by atoms with Crippen molar-refractivity contribution in [3.63, 3.8) is 0 Å². The van der Waals surface area contributed by atoms with Crippen LogP contribution in [0.15, 0.2) is 41.0 Å². The zero-order chi connectivity index (χ0) is 25.7. The quantitative estimate of drug-likeness (QED) is 0.620. The standard InChI is InChI=1S/C23H16F5N3O5/c24-8-1-2-9(13(25)3-8)20(23(26,27)28)29-21(34)12-6-30-7-16-31(22(35)17(30)19(33)18(12)32)14-5-15(36-16)11-4-10(11)14/h1-3,5-6,10-11,15-16,20,33H,4,7H2,(H,29,34)/t10-,11+,15?,16?,20-/m0/s1. The molecule has 0 saturated heterocycles. The molecule has 3 heterocycles. The second kappa shape index (κ2) is 7.38. The molecule has 2 bridgehead atoms. The highest BCUT2D eigenvalue weighted by atomic mass is 19.4. The maximum Gasteiger partial charge on any atom is 0.412 e. The minimum atomic E-state index is -5.21. The molecule has 6 rings (SSSR count). The highest BCUT2D eigenvalue weighted by Crippen LogP contribution is 2.57. The number of rotatable bonds is 3. The molecule has 1 saturated carbocycles. The summed E-state index contributed by atoms with van der Waals surface area (Å²) in [6, 6.07) is -1.56. The normalized spacial score (nSPS) is 26.5. The zero-order valence-electron chi connectivity index (χ0n) is 18.1. The Kier molecular flexibility index (Phi) is 4.66. The highest BCUT2D eigenvalue weighted by Gasteiger charge is 2.58. The molecule has 4 aliphatic rings. The summed E-state index contributed by atoms with van der Waals surface area (Å²) in [4.78, 5) is 40.1. The van der Waals surface area contributed by atoms with Gasteiger partial charge >= 0.3 is 6.18 Å². The fraction of sp³-hybridized carbons (Fsp3) is 0.348. The van der Waals surface area contributed by atoms with Crippen LogP contribution in [-0.2, 0) is 11.3 Å². The Morgan fingerprint density at radius 1 is 1.22 bits per heavy atom. The van der Waals surface area contributed by atoms with Gasteiger partial charge in [-0.05, 0) is 24.5 Å². The third-order valence-electron chi connectivity index (χ3n) is 7.01. The molecule has 2 aliphatic carbocycles. The molecule has 1 aromatic heterocycles. The summed E-state index contributed by atoms with van der Waals surface area (Å²) < 4.78 is 75.4.